The van der Waals surface area contributed by atoms with E-state index in [1.54, 1.807) is 24.3 Å². The first kappa shape index (κ1) is 27.9. The lowest BCUT2D eigenvalue weighted by Gasteiger charge is -2.14. The molecule has 1 atom stereocenters. The van der Waals surface area contributed by atoms with Crippen LogP contribution in [0.1, 0.15) is 54.9 Å². The first-order valence-corrected chi connectivity index (χ1v) is 12.2. The third-order valence-electron chi connectivity index (χ3n) is 5.32. The summed E-state index contributed by atoms with van der Waals surface area (Å²) in [7, 11) is 0. The smallest absolute Gasteiger partial charge is 0.121 e. The highest BCUT2D eigenvalue weighted by atomic mass is 35.5. The zero-order chi connectivity index (χ0) is 23.9. The van der Waals surface area contributed by atoms with Gasteiger partial charge in [0, 0.05) is 34.3 Å². The number of hydrogen-bond acceptors (Lipinski definition) is 6. The summed E-state index contributed by atoms with van der Waals surface area (Å²) < 4.78 is 11.2. The molecular formula is C25H35Cl2NO5. The lowest BCUT2D eigenvalue weighted by Crippen LogP contribution is -2.22. The monoisotopic (exact) mass is 499 g/mol. The van der Waals surface area contributed by atoms with Crippen LogP contribution in [-0.4, -0.2) is 48.2 Å². The molecular weight excluding hydrogens is 465 g/mol. The van der Waals surface area contributed by atoms with Crippen LogP contribution in [0, 0.1) is 0 Å². The number of halogens is 2. The van der Waals surface area contributed by atoms with Gasteiger partial charge < -0.3 is 30.1 Å². The van der Waals surface area contributed by atoms with Gasteiger partial charge in [-0.25, -0.2) is 0 Å². The van der Waals surface area contributed by atoms with Crippen LogP contribution >= 0.6 is 23.2 Å². The molecule has 8 heteroatoms. The van der Waals surface area contributed by atoms with Gasteiger partial charge in [0.2, 0.25) is 0 Å². The van der Waals surface area contributed by atoms with Gasteiger partial charge in [-0.3, -0.25) is 0 Å². The maximum atomic E-state index is 10.2. The molecule has 0 unspecified atom stereocenters. The molecule has 0 aliphatic heterocycles. The van der Waals surface area contributed by atoms with Crippen molar-refractivity contribution in [2.24, 2.45) is 0 Å². The van der Waals surface area contributed by atoms with Crippen molar-refractivity contribution in [3.05, 3.63) is 63.1 Å². The molecule has 33 heavy (non-hydrogen) atoms. The van der Waals surface area contributed by atoms with Crippen LogP contribution in [-0.2, 0) is 22.7 Å². The predicted octanol–water partition coefficient (Wildman–Crippen LogP) is 5.00. The second kappa shape index (κ2) is 16.3. The van der Waals surface area contributed by atoms with E-state index in [-0.39, 0.29) is 12.4 Å². The summed E-state index contributed by atoms with van der Waals surface area (Å²) in [4.78, 5) is 0. The molecule has 0 bridgehead atoms. The fourth-order valence-electron chi connectivity index (χ4n) is 3.34. The molecule has 6 nitrogen and oxygen atoms in total. The van der Waals surface area contributed by atoms with Gasteiger partial charge in [0.25, 0.3) is 0 Å². The number of hydrogen-bond donors (Lipinski definition) is 4. The second-order valence-electron chi connectivity index (χ2n) is 7.90. The molecule has 0 spiro atoms. The number of ether oxygens (including phenoxy) is 2. The van der Waals surface area contributed by atoms with Crippen molar-refractivity contribution in [3.63, 3.8) is 0 Å². The van der Waals surface area contributed by atoms with Crippen LogP contribution in [0.3, 0.4) is 0 Å². The summed E-state index contributed by atoms with van der Waals surface area (Å²) in [5.41, 5.74) is 1.91. The predicted molar refractivity (Wildman–Crippen MR) is 132 cm³/mol. The fourth-order valence-corrected chi connectivity index (χ4v) is 3.85. The average molecular weight is 500 g/mol. The second-order valence-corrected chi connectivity index (χ2v) is 8.71. The molecule has 0 heterocycles. The van der Waals surface area contributed by atoms with Crippen molar-refractivity contribution in [3.8, 4) is 5.75 Å². The Morgan fingerprint density at radius 3 is 2.33 bits per heavy atom. The van der Waals surface area contributed by atoms with E-state index in [9.17, 15) is 15.3 Å². The quantitative estimate of drug-likeness (QED) is 0.229. The van der Waals surface area contributed by atoms with Gasteiger partial charge in [0.1, 0.15) is 5.75 Å². The molecule has 0 aliphatic rings. The molecule has 184 valence electrons. The number of rotatable bonds is 17. The SMILES string of the molecule is OCc1cc([C@@H](O)CNCCCCCCCOCCOCc2c(Cl)cccc2Cl)ccc1O. The lowest BCUT2D eigenvalue weighted by atomic mass is 10.1. The summed E-state index contributed by atoms with van der Waals surface area (Å²) in [6.07, 6.45) is 4.79. The molecule has 2 rings (SSSR count). The van der Waals surface area contributed by atoms with Gasteiger partial charge in [-0.05, 0) is 49.2 Å². The Labute approximate surface area is 206 Å². The highest BCUT2D eigenvalue weighted by Gasteiger charge is 2.10. The number of aliphatic hydroxyl groups excluding tert-OH is 2. The van der Waals surface area contributed by atoms with Gasteiger partial charge in [-0.2, -0.15) is 0 Å². The molecule has 0 fully saturated rings. The van der Waals surface area contributed by atoms with Crippen LogP contribution in [0.15, 0.2) is 36.4 Å². The number of phenols is 1. The Hall–Kier alpha value is -1.38. The zero-order valence-electron chi connectivity index (χ0n) is 18.9. The van der Waals surface area contributed by atoms with E-state index in [0.29, 0.717) is 47.5 Å². The largest absolute Gasteiger partial charge is 0.508 e. The van der Waals surface area contributed by atoms with E-state index < -0.39 is 6.10 Å². The maximum absolute atomic E-state index is 10.2. The van der Waals surface area contributed by atoms with Crippen LogP contribution < -0.4 is 5.32 Å². The van der Waals surface area contributed by atoms with Gasteiger partial charge in [-0.1, -0.05) is 54.6 Å². The summed E-state index contributed by atoms with van der Waals surface area (Å²) in [6, 6.07) is 10.2. The number of benzene rings is 2. The van der Waals surface area contributed by atoms with Crippen LogP contribution in [0.2, 0.25) is 10.0 Å². The standard InChI is InChI=1S/C25H35Cl2NO5/c26-22-7-6-8-23(27)21(22)18-33-14-13-32-12-5-3-1-2-4-11-28-16-25(31)19-9-10-24(30)20(15-19)17-29/h6-10,15,25,28-31H,1-5,11-14,16-18H2/t25-/m0/s1. The first-order valence-electron chi connectivity index (χ1n) is 11.4. The van der Waals surface area contributed by atoms with Gasteiger partial charge >= 0.3 is 0 Å². The van der Waals surface area contributed by atoms with Gasteiger partial charge in [0.15, 0.2) is 0 Å². The number of aromatic hydroxyl groups is 1. The number of nitrogens with one attached hydrogen (secondary N) is 1. The molecule has 2 aromatic carbocycles. The van der Waals surface area contributed by atoms with E-state index in [4.69, 9.17) is 32.7 Å². The van der Waals surface area contributed by atoms with Gasteiger partial charge in [-0.15, -0.1) is 0 Å². The normalized spacial score (nSPS) is 12.2. The molecule has 0 aliphatic carbocycles. The topological polar surface area (TPSA) is 91.2 Å². The van der Waals surface area contributed by atoms with Crippen LogP contribution in [0.5, 0.6) is 5.75 Å². The Morgan fingerprint density at radius 1 is 0.879 bits per heavy atom. The number of aliphatic hydroxyl groups is 2. The Bertz CT molecular complexity index is 801. The Kier molecular flexibility index (Phi) is 13.7. The molecule has 0 amide bonds. The average Bonchev–Trinajstić information content (AvgIpc) is 2.81. The zero-order valence-corrected chi connectivity index (χ0v) is 20.5. The van der Waals surface area contributed by atoms with E-state index in [2.05, 4.69) is 5.32 Å². The van der Waals surface area contributed by atoms with Crippen molar-refractivity contribution in [2.75, 3.05) is 32.9 Å². The molecule has 0 aromatic heterocycles. The maximum Gasteiger partial charge on any atom is 0.121 e. The lowest BCUT2D eigenvalue weighted by molar-refractivity contribution is 0.0393. The minimum Gasteiger partial charge on any atom is -0.508 e. The molecule has 0 radical (unpaired) electrons. The van der Waals surface area contributed by atoms with E-state index in [1.165, 1.54) is 6.07 Å². The third kappa shape index (κ3) is 10.6. The van der Waals surface area contributed by atoms with Crippen LogP contribution in [0.25, 0.3) is 0 Å². The Morgan fingerprint density at radius 2 is 1.58 bits per heavy atom. The number of unbranched alkanes of at least 4 members (excludes halogenated alkanes) is 4. The molecule has 2 aromatic rings. The molecule has 0 saturated carbocycles. The highest BCUT2D eigenvalue weighted by Crippen LogP contribution is 2.25. The first-order chi connectivity index (χ1) is 16.0. The van der Waals surface area contributed by atoms with E-state index >= 15 is 0 Å². The van der Waals surface area contributed by atoms with E-state index in [1.807, 2.05) is 6.07 Å². The van der Waals surface area contributed by atoms with Crippen molar-refractivity contribution >= 4 is 23.2 Å². The fraction of sp³-hybridized carbons (Fsp3) is 0.520. The summed E-state index contributed by atoms with van der Waals surface area (Å²) >= 11 is 12.2. The van der Waals surface area contributed by atoms with Crippen LogP contribution in [0.4, 0.5) is 0 Å². The highest BCUT2D eigenvalue weighted by molar-refractivity contribution is 6.35. The van der Waals surface area contributed by atoms with E-state index in [0.717, 1.165) is 50.8 Å². The molecule has 0 saturated heterocycles. The van der Waals surface area contributed by atoms with Crippen molar-refractivity contribution in [2.45, 2.75) is 51.4 Å². The van der Waals surface area contributed by atoms with Crippen molar-refractivity contribution in [1.82, 2.24) is 5.32 Å². The minimum absolute atomic E-state index is 0.0407. The summed E-state index contributed by atoms with van der Waals surface area (Å²) in [5, 5.41) is 33.5. The van der Waals surface area contributed by atoms with Crippen molar-refractivity contribution < 1.29 is 24.8 Å². The molecule has 4 N–H and O–H groups in total. The summed E-state index contributed by atoms with van der Waals surface area (Å²) in [5.74, 6) is 0.0407. The minimum atomic E-state index is -0.668. The third-order valence-corrected chi connectivity index (χ3v) is 6.03. The Balaban J connectivity index is 1.39. The van der Waals surface area contributed by atoms with Gasteiger partial charge in [0.05, 0.1) is 32.5 Å². The summed E-state index contributed by atoms with van der Waals surface area (Å²) in [6.45, 7) is 3.19. The van der Waals surface area contributed by atoms with Crippen molar-refractivity contribution in [1.29, 1.82) is 0 Å².